The molecule has 0 amide bonds. The Balaban J connectivity index is 2.13. The Morgan fingerprint density at radius 3 is 2.50 bits per heavy atom. The zero-order chi connectivity index (χ0) is 14.7. The third-order valence-corrected chi connectivity index (χ3v) is 4.57. The first-order valence-corrected chi connectivity index (χ1v) is 7.52. The van der Waals surface area contributed by atoms with Gasteiger partial charge in [-0.2, -0.15) is 0 Å². The van der Waals surface area contributed by atoms with Crippen molar-refractivity contribution in [3.8, 4) is 11.5 Å². The SMILES string of the molecule is COc1ccc(O)c(C(C)NC(C)c2ccc(C)s2)c1. The minimum Gasteiger partial charge on any atom is -0.508 e. The Morgan fingerprint density at radius 2 is 1.90 bits per heavy atom. The molecule has 1 aromatic carbocycles. The second-order valence-corrected chi connectivity index (χ2v) is 6.30. The van der Waals surface area contributed by atoms with E-state index < -0.39 is 0 Å². The lowest BCUT2D eigenvalue weighted by Gasteiger charge is -2.21. The number of thiophene rings is 1. The van der Waals surface area contributed by atoms with E-state index >= 15 is 0 Å². The topological polar surface area (TPSA) is 41.5 Å². The Morgan fingerprint density at radius 1 is 1.15 bits per heavy atom. The molecule has 0 bridgehead atoms. The maximum Gasteiger partial charge on any atom is 0.120 e. The number of phenolic OH excluding ortho intramolecular Hbond substituents is 1. The molecule has 2 rings (SSSR count). The van der Waals surface area contributed by atoms with E-state index in [1.54, 1.807) is 30.6 Å². The van der Waals surface area contributed by atoms with E-state index in [4.69, 9.17) is 4.74 Å². The highest BCUT2D eigenvalue weighted by atomic mass is 32.1. The van der Waals surface area contributed by atoms with Crippen molar-refractivity contribution >= 4 is 11.3 Å². The second kappa shape index (κ2) is 6.29. The molecule has 0 saturated carbocycles. The first kappa shape index (κ1) is 14.9. The van der Waals surface area contributed by atoms with Gasteiger partial charge in [-0.05, 0) is 51.1 Å². The summed E-state index contributed by atoms with van der Waals surface area (Å²) in [6, 6.07) is 9.88. The normalized spacial score (nSPS) is 14.0. The lowest BCUT2D eigenvalue weighted by molar-refractivity contribution is 0.405. The van der Waals surface area contributed by atoms with Crippen LogP contribution in [0.2, 0.25) is 0 Å². The Hall–Kier alpha value is -1.52. The van der Waals surface area contributed by atoms with Gasteiger partial charge in [0.25, 0.3) is 0 Å². The molecular weight excluding hydrogens is 270 g/mol. The number of hydrogen-bond donors (Lipinski definition) is 2. The van der Waals surface area contributed by atoms with Crippen LogP contribution in [0.1, 0.15) is 41.2 Å². The summed E-state index contributed by atoms with van der Waals surface area (Å²) in [4.78, 5) is 2.61. The summed E-state index contributed by atoms with van der Waals surface area (Å²) in [6.07, 6.45) is 0. The van der Waals surface area contributed by atoms with Crippen LogP contribution in [0.15, 0.2) is 30.3 Å². The summed E-state index contributed by atoms with van der Waals surface area (Å²) >= 11 is 1.80. The van der Waals surface area contributed by atoms with Gasteiger partial charge in [-0.25, -0.2) is 0 Å². The highest BCUT2D eigenvalue weighted by molar-refractivity contribution is 7.12. The van der Waals surface area contributed by atoms with Crippen LogP contribution < -0.4 is 10.1 Å². The van der Waals surface area contributed by atoms with Gasteiger partial charge in [0.2, 0.25) is 0 Å². The Labute approximate surface area is 124 Å². The van der Waals surface area contributed by atoms with Crippen LogP contribution >= 0.6 is 11.3 Å². The van der Waals surface area contributed by atoms with Crippen molar-refractivity contribution in [1.82, 2.24) is 5.32 Å². The molecule has 0 fully saturated rings. The van der Waals surface area contributed by atoms with Crippen LogP contribution in [0, 0.1) is 6.92 Å². The highest BCUT2D eigenvalue weighted by Gasteiger charge is 2.16. The van der Waals surface area contributed by atoms with Crippen molar-refractivity contribution in [2.45, 2.75) is 32.9 Å². The molecule has 0 saturated heterocycles. The molecule has 2 N–H and O–H groups in total. The van der Waals surface area contributed by atoms with Gasteiger partial charge in [0, 0.05) is 27.4 Å². The predicted octanol–water partition coefficient (Wildman–Crippen LogP) is 4.18. The zero-order valence-corrected chi connectivity index (χ0v) is 13.1. The number of hydrogen-bond acceptors (Lipinski definition) is 4. The molecule has 20 heavy (non-hydrogen) atoms. The molecule has 2 aromatic rings. The number of aromatic hydroxyl groups is 1. The van der Waals surface area contributed by atoms with E-state index in [1.165, 1.54) is 9.75 Å². The number of nitrogens with one attached hydrogen (secondary N) is 1. The molecule has 4 heteroatoms. The Kier molecular flexibility index (Phi) is 4.68. The van der Waals surface area contributed by atoms with Gasteiger partial charge in [-0.3, -0.25) is 0 Å². The van der Waals surface area contributed by atoms with Crippen molar-refractivity contribution in [1.29, 1.82) is 0 Å². The summed E-state index contributed by atoms with van der Waals surface area (Å²) in [7, 11) is 1.63. The predicted molar refractivity (Wildman–Crippen MR) is 83.7 cm³/mol. The van der Waals surface area contributed by atoms with Crippen LogP contribution in [0.5, 0.6) is 11.5 Å². The minimum atomic E-state index is 0.0440. The number of aryl methyl sites for hydroxylation is 1. The van der Waals surface area contributed by atoms with E-state index in [2.05, 4.69) is 31.3 Å². The van der Waals surface area contributed by atoms with Crippen LogP contribution in [-0.4, -0.2) is 12.2 Å². The lowest BCUT2D eigenvalue weighted by Crippen LogP contribution is -2.21. The summed E-state index contributed by atoms with van der Waals surface area (Å²) in [5.41, 5.74) is 0.851. The summed E-state index contributed by atoms with van der Waals surface area (Å²) in [5.74, 6) is 1.05. The number of rotatable bonds is 5. The maximum absolute atomic E-state index is 10.00. The molecule has 108 valence electrons. The van der Waals surface area contributed by atoms with Crippen LogP contribution in [0.3, 0.4) is 0 Å². The van der Waals surface area contributed by atoms with Crippen molar-refractivity contribution in [2.75, 3.05) is 7.11 Å². The average molecular weight is 291 g/mol. The molecule has 2 unspecified atom stereocenters. The van der Waals surface area contributed by atoms with E-state index in [-0.39, 0.29) is 12.1 Å². The van der Waals surface area contributed by atoms with Crippen molar-refractivity contribution < 1.29 is 9.84 Å². The van der Waals surface area contributed by atoms with Gasteiger partial charge >= 0.3 is 0 Å². The monoisotopic (exact) mass is 291 g/mol. The molecule has 0 aliphatic rings. The molecule has 0 aliphatic carbocycles. The number of phenols is 1. The third-order valence-electron chi connectivity index (χ3n) is 3.39. The van der Waals surface area contributed by atoms with Crippen LogP contribution in [-0.2, 0) is 0 Å². The molecule has 0 radical (unpaired) electrons. The zero-order valence-electron chi connectivity index (χ0n) is 12.3. The summed E-state index contributed by atoms with van der Waals surface area (Å²) < 4.78 is 5.22. The molecular formula is C16H21NO2S. The van der Waals surface area contributed by atoms with Crippen molar-refractivity contribution in [3.05, 3.63) is 45.6 Å². The summed E-state index contributed by atoms with van der Waals surface area (Å²) in [5, 5.41) is 13.5. The van der Waals surface area contributed by atoms with Gasteiger partial charge in [-0.1, -0.05) is 0 Å². The van der Waals surface area contributed by atoms with E-state index in [0.717, 1.165) is 11.3 Å². The maximum atomic E-state index is 10.00. The van der Waals surface area contributed by atoms with Crippen LogP contribution in [0.4, 0.5) is 0 Å². The largest absolute Gasteiger partial charge is 0.508 e. The first-order chi connectivity index (χ1) is 9.51. The molecule has 3 nitrogen and oxygen atoms in total. The van der Waals surface area contributed by atoms with Gasteiger partial charge in [0.15, 0.2) is 0 Å². The lowest BCUT2D eigenvalue weighted by atomic mass is 10.1. The fourth-order valence-electron chi connectivity index (χ4n) is 2.24. The molecule has 0 spiro atoms. The fourth-order valence-corrected chi connectivity index (χ4v) is 3.13. The van der Waals surface area contributed by atoms with Gasteiger partial charge in [-0.15, -0.1) is 11.3 Å². The number of ether oxygens (including phenoxy) is 1. The quantitative estimate of drug-likeness (QED) is 0.868. The first-order valence-electron chi connectivity index (χ1n) is 6.70. The smallest absolute Gasteiger partial charge is 0.120 e. The highest BCUT2D eigenvalue weighted by Crippen LogP contribution is 2.31. The molecule has 1 aromatic heterocycles. The summed E-state index contributed by atoms with van der Waals surface area (Å²) in [6.45, 7) is 6.29. The van der Waals surface area contributed by atoms with Gasteiger partial charge in [0.05, 0.1) is 7.11 Å². The van der Waals surface area contributed by atoms with Gasteiger partial charge < -0.3 is 15.2 Å². The van der Waals surface area contributed by atoms with E-state index in [1.807, 2.05) is 13.0 Å². The standard InChI is InChI=1S/C16H21NO2S/c1-10-5-8-16(20-10)12(3)17-11(2)14-9-13(19-4)6-7-15(14)18/h5-9,11-12,17-18H,1-4H3. The third kappa shape index (κ3) is 3.32. The van der Waals surface area contributed by atoms with E-state index in [0.29, 0.717) is 5.75 Å². The molecule has 1 heterocycles. The second-order valence-electron chi connectivity index (χ2n) is 4.98. The van der Waals surface area contributed by atoms with Crippen LogP contribution in [0.25, 0.3) is 0 Å². The van der Waals surface area contributed by atoms with Crippen molar-refractivity contribution in [3.63, 3.8) is 0 Å². The van der Waals surface area contributed by atoms with Crippen molar-refractivity contribution in [2.24, 2.45) is 0 Å². The molecule has 2 atom stereocenters. The number of benzene rings is 1. The number of methoxy groups -OCH3 is 1. The average Bonchev–Trinajstić information content (AvgIpc) is 2.86. The molecule has 0 aliphatic heterocycles. The fraction of sp³-hybridized carbons (Fsp3) is 0.375. The minimum absolute atomic E-state index is 0.0440. The van der Waals surface area contributed by atoms with E-state index in [9.17, 15) is 5.11 Å². The van der Waals surface area contributed by atoms with Gasteiger partial charge in [0.1, 0.15) is 11.5 Å². The Bertz CT molecular complexity index is 580.